The van der Waals surface area contributed by atoms with Crippen molar-refractivity contribution in [2.45, 2.75) is 20.3 Å². The standard InChI is InChI=1S/C10H13N3/c1-4-8-12-10-9(13(8)3)7(2)5-6-11-10/h5-6H,4H2,1-3H3. The van der Waals surface area contributed by atoms with Crippen LogP contribution in [0.5, 0.6) is 0 Å². The predicted molar refractivity (Wildman–Crippen MR) is 52.6 cm³/mol. The smallest absolute Gasteiger partial charge is 0.178 e. The molecule has 2 heterocycles. The van der Waals surface area contributed by atoms with Crippen LogP contribution in [0.15, 0.2) is 12.3 Å². The van der Waals surface area contributed by atoms with Gasteiger partial charge in [0.05, 0.1) is 5.52 Å². The Hall–Kier alpha value is -1.38. The molecule has 68 valence electrons. The molecule has 0 bridgehead atoms. The minimum atomic E-state index is 0.861. The van der Waals surface area contributed by atoms with E-state index in [4.69, 9.17) is 0 Å². The van der Waals surface area contributed by atoms with Crippen molar-refractivity contribution in [3.05, 3.63) is 23.7 Å². The molecular formula is C10H13N3. The predicted octanol–water partition coefficient (Wildman–Crippen LogP) is 1.84. The average molecular weight is 175 g/mol. The van der Waals surface area contributed by atoms with E-state index in [2.05, 4.69) is 28.4 Å². The normalized spacial score (nSPS) is 11.0. The number of pyridine rings is 1. The van der Waals surface area contributed by atoms with E-state index in [0.717, 1.165) is 23.4 Å². The van der Waals surface area contributed by atoms with Crippen molar-refractivity contribution in [1.29, 1.82) is 0 Å². The molecule has 0 N–H and O–H groups in total. The van der Waals surface area contributed by atoms with Gasteiger partial charge in [0.25, 0.3) is 0 Å². The molecule has 3 nitrogen and oxygen atoms in total. The zero-order chi connectivity index (χ0) is 9.42. The number of imidazole rings is 1. The fraction of sp³-hybridized carbons (Fsp3) is 0.400. The van der Waals surface area contributed by atoms with Crippen LogP contribution in [0.2, 0.25) is 0 Å². The minimum absolute atomic E-state index is 0.861. The van der Waals surface area contributed by atoms with Gasteiger partial charge in [-0.2, -0.15) is 0 Å². The Morgan fingerprint density at radius 2 is 2.23 bits per heavy atom. The maximum absolute atomic E-state index is 4.44. The number of hydrogen-bond acceptors (Lipinski definition) is 2. The molecule has 0 fully saturated rings. The molecule has 2 rings (SSSR count). The van der Waals surface area contributed by atoms with Gasteiger partial charge >= 0.3 is 0 Å². The molecule has 0 saturated carbocycles. The fourth-order valence-electron chi connectivity index (χ4n) is 1.67. The van der Waals surface area contributed by atoms with Crippen molar-refractivity contribution >= 4 is 11.2 Å². The van der Waals surface area contributed by atoms with Crippen LogP contribution in [0.3, 0.4) is 0 Å². The number of rotatable bonds is 1. The second kappa shape index (κ2) is 2.83. The number of hydrogen-bond donors (Lipinski definition) is 0. The summed E-state index contributed by atoms with van der Waals surface area (Å²) >= 11 is 0. The van der Waals surface area contributed by atoms with E-state index < -0.39 is 0 Å². The van der Waals surface area contributed by atoms with Gasteiger partial charge in [-0.3, -0.25) is 0 Å². The highest BCUT2D eigenvalue weighted by Crippen LogP contribution is 2.16. The summed E-state index contributed by atoms with van der Waals surface area (Å²) in [6.45, 7) is 4.20. The maximum atomic E-state index is 4.44. The summed E-state index contributed by atoms with van der Waals surface area (Å²) in [5, 5.41) is 0. The largest absolute Gasteiger partial charge is 0.330 e. The van der Waals surface area contributed by atoms with Gasteiger partial charge in [-0.05, 0) is 18.6 Å². The Bertz CT molecular complexity index is 443. The topological polar surface area (TPSA) is 30.7 Å². The van der Waals surface area contributed by atoms with Crippen LogP contribution in [0.1, 0.15) is 18.3 Å². The summed E-state index contributed by atoms with van der Waals surface area (Å²) in [4.78, 5) is 8.68. The summed E-state index contributed by atoms with van der Waals surface area (Å²) < 4.78 is 2.12. The summed E-state index contributed by atoms with van der Waals surface area (Å²) in [5.74, 6) is 1.09. The van der Waals surface area contributed by atoms with Crippen molar-refractivity contribution in [1.82, 2.24) is 14.5 Å². The maximum Gasteiger partial charge on any atom is 0.178 e. The van der Waals surface area contributed by atoms with Crippen LogP contribution < -0.4 is 0 Å². The van der Waals surface area contributed by atoms with Crippen molar-refractivity contribution in [2.24, 2.45) is 7.05 Å². The van der Waals surface area contributed by atoms with E-state index in [1.54, 1.807) is 0 Å². The highest BCUT2D eigenvalue weighted by Gasteiger charge is 2.07. The van der Waals surface area contributed by atoms with Crippen molar-refractivity contribution < 1.29 is 0 Å². The molecule has 0 aliphatic carbocycles. The van der Waals surface area contributed by atoms with Gasteiger partial charge in [0, 0.05) is 19.7 Å². The molecule has 0 amide bonds. The highest BCUT2D eigenvalue weighted by atomic mass is 15.1. The van der Waals surface area contributed by atoms with Gasteiger partial charge in [0.2, 0.25) is 0 Å². The van der Waals surface area contributed by atoms with Gasteiger partial charge in [-0.1, -0.05) is 6.92 Å². The van der Waals surface area contributed by atoms with E-state index in [1.807, 2.05) is 19.3 Å². The quantitative estimate of drug-likeness (QED) is 0.662. The highest BCUT2D eigenvalue weighted by molar-refractivity contribution is 5.75. The third-order valence-electron chi connectivity index (χ3n) is 2.38. The Morgan fingerprint density at radius 3 is 2.85 bits per heavy atom. The molecule has 0 saturated heterocycles. The molecule has 0 aliphatic heterocycles. The Labute approximate surface area is 77.4 Å². The van der Waals surface area contributed by atoms with Crippen LogP contribution in [-0.4, -0.2) is 14.5 Å². The number of aryl methyl sites for hydroxylation is 3. The molecule has 0 atom stereocenters. The van der Waals surface area contributed by atoms with Gasteiger partial charge < -0.3 is 4.57 Å². The third kappa shape index (κ3) is 1.11. The lowest BCUT2D eigenvalue weighted by molar-refractivity contribution is 0.827. The molecule has 0 radical (unpaired) electrons. The second-order valence-corrected chi connectivity index (χ2v) is 3.24. The van der Waals surface area contributed by atoms with Crippen LogP contribution in [0, 0.1) is 6.92 Å². The van der Waals surface area contributed by atoms with Crippen LogP contribution in [0.25, 0.3) is 11.2 Å². The Balaban J connectivity index is 2.85. The number of nitrogens with zero attached hydrogens (tertiary/aromatic N) is 3. The first kappa shape index (κ1) is 8.23. The average Bonchev–Trinajstić information content (AvgIpc) is 2.44. The van der Waals surface area contributed by atoms with Crippen molar-refractivity contribution in [3.63, 3.8) is 0 Å². The summed E-state index contributed by atoms with van der Waals surface area (Å²) in [6.07, 6.45) is 2.76. The number of aromatic nitrogens is 3. The second-order valence-electron chi connectivity index (χ2n) is 3.24. The molecular weight excluding hydrogens is 162 g/mol. The lowest BCUT2D eigenvalue weighted by Gasteiger charge is -2.00. The van der Waals surface area contributed by atoms with E-state index in [-0.39, 0.29) is 0 Å². The first-order chi connectivity index (χ1) is 6.24. The first-order valence-corrected chi connectivity index (χ1v) is 4.51. The Kier molecular flexibility index (Phi) is 1.79. The van der Waals surface area contributed by atoms with Crippen LogP contribution >= 0.6 is 0 Å². The monoisotopic (exact) mass is 175 g/mol. The molecule has 0 aliphatic rings. The van der Waals surface area contributed by atoms with Gasteiger partial charge in [0.15, 0.2) is 5.65 Å². The molecule has 2 aromatic rings. The zero-order valence-corrected chi connectivity index (χ0v) is 8.20. The zero-order valence-electron chi connectivity index (χ0n) is 8.20. The van der Waals surface area contributed by atoms with Crippen LogP contribution in [0.4, 0.5) is 0 Å². The Morgan fingerprint density at radius 1 is 1.46 bits per heavy atom. The van der Waals surface area contributed by atoms with Crippen LogP contribution in [-0.2, 0) is 13.5 Å². The van der Waals surface area contributed by atoms with E-state index in [1.165, 1.54) is 5.56 Å². The van der Waals surface area contributed by atoms with Crippen molar-refractivity contribution in [2.75, 3.05) is 0 Å². The molecule has 2 aromatic heterocycles. The SMILES string of the molecule is CCc1nc2nccc(C)c2n1C. The molecule has 3 heteroatoms. The number of fused-ring (bicyclic) bond motifs is 1. The van der Waals surface area contributed by atoms with Gasteiger partial charge in [-0.25, -0.2) is 9.97 Å². The first-order valence-electron chi connectivity index (χ1n) is 4.51. The fourth-order valence-corrected chi connectivity index (χ4v) is 1.67. The molecule has 0 unspecified atom stereocenters. The molecule has 13 heavy (non-hydrogen) atoms. The summed E-state index contributed by atoms with van der Waals surface area (Å²) in [6, 6.07) is 2.02. The minimum Gasteiger partial charge on any atom is -0.330 e. The molecule has 0 aromatic carbocycles. The lowest BCUT2D eigenvalue weighted by atomic mass is 10.3. The third-order valence-corrected chi connectivity index (χ3v) is 2.38. The van der Waals surface area contributed by atoms with Gasteiger partial charge in [-0.15, -0.1) is 0 Å². The van der Waals surface area contributed by atoms with E-state index in [9.17, 15) is 0 Å². The lowest BCUT2D eigenvalue weighted by Crippen LogP contribution is -1.95. The van der Waals surface area contributed by atoms with Crippen molar-refractivity contribution in [3.8, 4) is 0 Å². The van der Waals surface area contributed by atoms with E-state index >= 15 is 0 Å². The van der Waals surface area contributed by atoms with Gasteiger partial charge in [0.1, 0.15) is 5.82 Å². The summed E-state index contributed by atoms with van der Waals surface area (Å²) in [7, 11) is 2.04. The molecule has 0 spiro atoms. The van der Waals surface area contributed by atoms with E-state index in [0.29, 0.717) is 0 Å². The summed E-state index contributed by atoms with van der Waals surface area (Å²) in [5.41, 5.74) is 3.25.